The lowest BCUT2D eigenvalue weighted by molar-refractivity contribution is -0.121. The number of rotatable bonds is 7. The summed E-state index contributed by atoms with van der Waals surface area (Å²) in [5.41, 5.74) is 1.05. The third-order valence-corrected chi connectivity index (χ3v) is 4.82. The van der Waals surface area contributed by atoms with Crippen molar-refractivity contribution in [3.8, 4) is 11.5 Å². The molecule has 7 heteroatoms. The normalized spacial score (nSPS) is 16.9. The zero-order valence-corrected chi connectivity index (χ0v) is 16.1. The Balaban J connectivity index is 1.43. The van der Waals surface area contributed by atoms with Crippen LogP contribution in [0.25, 0.3) is 0 Å². The van der Waals surface area contributed by atoms with Gasteiger partial charge in [-0.2, -0.15) is 0 Å². The van der Waals surface area contributed by atoms with Crippen molar-refractivity contribution in [2.24, 2.45) is 4.99 Å². The molecule has 1 saturated carbocycles. The van der Waals surface area contributed by atoms with Crippen molar-refractivity contribution < 1.29 is 14.3 Å². The maximum atomic E-state index is 12.1. The van der Waals surface area contributed by atoms with E-state index >= 15 is 0 Å². The quantitative estimate of drug-likeness (QED) is 0.504. The first kappa shape index (κ1) is 19.3. The van der Waals surface area contributed by atoms with Gasteiger partial charge in [-0.1, -0.05) is 25.3 Å². The molecule has 3 N–H and O–H groups in total. The average molecular weight is 374 g/mol. The number of carbonyl (C=O) groups excluding carboxylic acids is 1. The first-order chi connectivity index (χ1) is 13.2. The van der Waals surface area contributed by atoms with Crippen LogP contribution in [0.2, 0.25) is 0 Å². The highest BCUT2D eigenvalue weighted by molar-refractivity contribution is 5.81. The molecule has 3 rings (SSSR count). The molecule has 0 unspecified atom stereocenters. The maximum Gasteiger partial charge on any atom is 0.231 e. The van der Waals surface area contributed by atoms with Crippen LogP contribution >= 0.6 is 0 Å². The zero-order chi connectivity index (χ0) is 18.9. The average Bonchev–Trinajstić information content (AvgIpc) is 3.14. The fourth-order valence-electron chi connectivity index (χ4n) is 3.39. The highest BCUT2D eigenvalue weighted by Gasteiger charge is 2.15. The molecule has 0 saturated heterocycles. The minimum absolute atomic E-state index is 0.112. The van der Waals surface area contributed by atoms with E-state index in [9.17, 15) is 4.79 Å². The number of nitrogens with one attached hydrogen (secondary N) is 3. The van der Waals surface area contributed by atoms with Gasteiger partial charge < -0.3 is 25.4 Å². The largest absolute Gasteiger partial charge is 0.454 e. The van der Waals surface area contributed by atoms with Gasteiger partial charge in [-0.3, -0.25) is 4.79 Å². The van der Waals surface area contributed by atoms with Gasteiger partial charge in [0, 0.05) is 25.6 Å². The van der Waals surface area contributed by atoms with Crippen molar-refractivity contribution in [2.75, 3.05) is 19.9 Å². The van der Waals surface area contributed by atoms with Crippen molar-refractivity contribution >= 4 is 11.9 Å². The van der Waals surface area contributed by atoms with E-state index in [-0.39, 0.29) is 12.7 Å². The number of hydrogen-bond donors (Lipinski definition) is 3. The summed E-state index contributed by atoms with van der Waals surface area (Å²) in [4.78, 5) is 16.7. The van der Waals surface area contributed by atoms with E-state index in [0.717, 1.165) is 36.4 Å². The Labute approximate surface area is 160 Å². The smallest absolute Gasteiger partial charge is 0.231 e. The molecule has 1 aliphatic heterocycles. The Bertz CT molecular complexity index is 657. The van der Waals surface area contributed by atoms with E-state index in [1.165, 1.54) is 19.3 Å². The SMILES string of the molecule is CCNC(=NCc1ccc2c(c1)OCO2)NCCC(=O)NC1CCCCC1. The number of guanidine groups is 1. The summed E-state index contributed by atoms with van der Waals surface area (Å²) >= 11 is 0. The summed E-state index contributed by atoms with van der Waals surface area (Å²) < 4.78 is 10.7. The molecule has 1 aromatic carbocycles. The van der Waals surface area contributed by atoms with E-state index in [4.69, 9.17) is 9.47 Å². The van der Waals surface area contributed by atoms with Crippen LogP contribution in [-0.4, -0.2) is 37.8 Å². The second-order valence-corrected chi connectivity index (χ2v) is 6.96. The van der Waals surface area contributed by atoms with Crippen molar-refractivity contribution in [1.82, 2.24) is 16.0 Å². The first-order valence-electron chi connectivity index (χ1n) is 9.94. The third-order valence-electron chi connectivity index (χ3n) is 4.82. The molecule has 1 heterocycles. The summed E-state index contributed by atoms with van der Waals surface area (Å²) in [5.74, 6) is 2.36. The Morgan fingerprint density at radius 1 is 1.15 bits per heavy atom. The second kappa shape index (κ2) is 10.0. The summed E-state index contributed by atoms with van der Waals surface area (Å²) in [5, 5.41) is 9.59. The van der Waals surface area contributed by atoms with Gasteiger partial charge in [-0.05, 0) is 37.5 Å². The lowest BCUT2D eigenvalue weighted by Gasteiger charge is -2.22. The van der Waals surface area contributed by atoms with E-state index < -0.39 is 0 Å². The molecule has 1 fully saturated rings. The van der Waals surface area contributed by atoms with Gasteiger partial charge in [-0.15, -0.1) is 0 Å². The van der Waals surface area contributed by atoms with Crippen LogP contribution in [0.5, 0.6) is 11.5 Å². The summed E-state index contributed by atoms with van der Waals surface area (Å²) in [6.07, 6.45) is 6.41. The van der Waals surface area contributed by atoms with Crippen molar-refractivity contribution in [3.05, 3.63) is 23.8 Å². The molecule has 2 aliphatic rings. The van der Waals surface area contributed by atoms with Gasteiger partial charge in [-0.25, -0.2) is 4.99 Å². The molecule has 148 valence electrons. The van der Waals surface area contributed by atoms with Crippen LogP contribution in [0.1, 0.15) is 51.0 Å². The molecule has 0 atom stereocenters. The molecular weight excluding hydrogens is 344 g/mol. The fourth-order valence-corrected chi connectivity index (χ4v) is 3.39. The van der Waals surface area contributed by atoms with Crippen molar-refractivity contribution in [2.45, 2.75) is 58.0 Å². The number of benzene rings is 1. The van der Waals surface area contributed by atoms with E-state index in [1.807, 2.05) is 25.1 Å². The number of nitrogens with zero attached hydrogens (tertiary/aromatic N) is 1. The van der Waals surface area contributed by atoms with E-state index in [0.29, 0.717) is 31.5 Å². The van der Waals surface area contributed by atoms with Crippen LogP contribution < -0.4 is 25.4 Å². The minimum atomic E-state index is 0.112. The molecule has 0 aromatic heterocycles. The topological polar surface area (TPSA) is 84.0 Å². The number of hydrogen-bond acceptors (Lipinski definition) is 4. The van der Waals surface area contributed by atoms with Gasteiger partial charge in [0.15, 0.2) is 17.5 Å². The van der Waals surface area contributed by atoms with Crippen LogP contribution in [0.4, 0.5) is 0 Å². The van der Waals surface area contributed by atoms with Gasteiger partial charge in [0.05, 0.1) is 6.54 Å². The third kappa shape index (κ3) is 6.05. The predicted octanol–water partition coefficient (Wildman–Crippen LogP) is 2.31. The highest BCUT2D eigenvalue weighted by atomic mass is 16.7. The van der Waals surface area contributed by atoms with E-state index in [1.54, 1.807) is 0 Å². The summed E-state index contributed by atoms with van der Waals surface area (Å²) in [6, 6.07) is 6.20. The van der Waals surface area contributed by atoms with Crippen LogP contribution in [0.3, 0.4) is 0 Å². The van der Waals surface area contributed by atoms with Crippen LogP contribution in [0.15, 0.2) is 23.2 Å². The highest BCUT2D eigenvalue weighted by Crippen LogP contribution is 2.32. The van der Waals surface area contributed by atoms with Gasteiger partial charge in [0.1, 0.15) is 0 Å². The van der Waals surface area contributed by atoms with Crippen LogP contribution in [-0.2, 0) is 11.3 Å². The molecule has 1 amide bonds. The lowest BCUT2D eigenvalue weighted by atomic mass is 9.95. The predicted molar refractivity (Wildman–Crippen MR) is 105 cm³/mol. The van der Waals surface area contributed by atoms with Gasteiger partial charge in [0.25, 0.3) is 0 Å². The Hall–Kier alpha value is -2.44. The molecule has 1 aromatic rings. The Morgan fingerprint density at radius 3 is 2.78 bits per heavy atom. The van der Waals surface area contributed by atoms with E-state index in [2.05, 4.69) is 20.9 Å². The Morgan fingerprint density at radius 2 is 1.96 bits per heavy atom. The molecule has 0 radical (unpaired) electrons. The zero-order valence-electron chi connectivity index (χ0n) is 16.1. The lowest BCUT2D eigenvalue weighted by Crippen LogP contribution is -2.41. The number of amides is 1. The van der Waals surface area contributed by atoms with Crippen molar-refractivity contribution in [1.29, 1.82) is 0 Å². The van der Waals surface area contributed by atoms with Gasteiger partial charge >= 0.3 is 0 Å². The molecule has 1 aliphatic carbocycles. The standard InChI is InChI=1S/C20H30N4O3/c1-2-21-20(22-11-10-19(25)24-16-6-4-3-5-7-16)23-13-15-8-9-17-18(12-15)27-14-26-17/h8-9,12,16H,2-7,10-11,13-14H2,1H3,(H,24,25)(H2,21,22,23). The minimum Gasteiger partial charge on any atom is -0.454 e. The van der Waals surface area contributed by atoms with Gasteiger partial charge in [0.2, 0.25) is 12.7 Å². The molecule has 0 spiro atoms. The Kier molecular flexibility index (Phi) is 7.19. The number of aliphatic imine (C=N–C) groups is 1. The monoisotopic (exact) mass is 374 g/mol. The number of ether oxygens (including phenoxy) is 2. The summed E-state index contributed by atoms with van der Waals surface area (Å²) in [7, 11) is 0. The maximum absolute atomic E-state index is 12.1. The first-order valence-corrected chi connectivity index (χ1v) is 9.94. The number of carbonyl (C=O) groups is 1. The number of fused-ring (bicyclic) bond motifs is 1. The molecule has 7 nitrogen and oxygen atoms in total. The summed E-state index contributed by atoms with van der Waals surface area (Å²) in [6.45, 7) is 4.15. The molecule has 27 heavy (non-hydrogen) atoms. The van der Waals surface area contributed by atoms with Crippen LogP contribution in [0, 0.1) is 0 Å². The molecule has 0 bridgehead atoms. The molecular formula is C20H30N4O3. The van der Waals surface area contributed by atoms with Crippen molar-refractivity contribution in [3.63, 3.8) is 0 Å². The second-order valence-electron chi connectivity index (χ2n) is 6.96. The fraction of sp³-hybridized carbons (Fsp3) is 0.600.